The van der Waals surface area contributed by atoms with Crippen LogP contribution in [-0.2, 0) is 5.75 Å². The number of hydrogen-bond donors (Lipinski definition) is 1. The third kappa shape index (κ3) is 3.83. The fourth-order valence-electron chi connectivity index (χ4n) is 1.38. The molecule has 0 aromatic heterocycles. The van der Waals surface area contributed by atoms with E-state index in [0.29, 0.717) is 5.56 Å². The molecular formula is C10H9BF3KS. The second-order valence-electron chi connectivity index (χ2n) is 3.23. The Labute approximate surface area is 141 Å². The Balaban J connectivity index is 0.00000225. The third-order valence-corrected chi connectivity index (χ3v) is 2.56. The molecule has 0 aliphatic rings. The molecule has 0 spiro atoms. The maximum Gasteiger partial charge on any atom is 1.00 e. The normalized spacial score (nSPS) is 10.5. The summed E-state index contributed by atoms with van der Waals surface area (Å²) >= 11 is 3.94. The van der Waals surface area contributed by atoms with Crippen molar-refractivity contribution in [1.82, 2.24) is 0 Å². The van der Waals surface area contributed by atoms with Gasteiger partial charge in [-0.3, -0.25) is 0 Å². The van der Waals surface area contributed by atoms with E-state index in [1.807, 2.05) is 0 Å². The van der Waals surface area contributed by atoms with Crippen LogP contribution in [-0.4, -0.2) is 6.98 Å². The summed E-state index contributed by atoms with van der Waals surface area (Å²) in [6, 6.07) is 2.68. The van der Waals surface area contributed by atoms with Gasteiger partial charge in [0.25, 0.3) is 0 Å². The summed E-state index contributed by atoms with van der Waals surface area (Å²) in [5, 5.41) is 0. The predicted octanol–water partition coefficient (Wildman–Crippen LogP) is -0.535. The Morgan fingerprint density at radius 2 is 1.94 bits per heavy atom. The van der Waals surface area contributed by atoms with Crippen LogP contribution in [0.3, 0.4) is 0 Å². The molecule has 0 fully saturated rings. The molecule has 0 unspecified atom stereocenters. The van der Waals surface area contributed by atoms with Crippen LogP contribution in [0.25, 0.3) is 0 Å². The van der Waals surface area contributed by atoms with Crippen molar-refractivity contribution in [3.8, 4) is 12.3 Å². The minimum atomic E-state index is -5.01. The first-order valence-electron chi connectivity index (χ1n) is 4.31. The molecule has 0 atom stereocenters. The topological polar surface area (TPSA) is 0 Å². The van der Waals surface area contributed by atoms with Gasteiger partial charge < -0.3 is 12.9 Å². The molecule has 0 nitrogen and oxygen atoms in total. The molecule has 0 heterocycles. The van der Waals surface area contributed by atoms with Crippen molar-refractivity contribution in [2.45, 2.75) is 12.7 Å². The van der Waals surface area contributed by atoms with Crippen LogP contribution in [0.4, 0.5) is 12.9 Å². The fraction of sp³-hybridized carbons (Fsp3) is 0.200. The van der Waals surface area contributed by atoms with Crippen LogP contribution in [0, 0.1) is 19.3 Å². The minimum Gasteiger partial charge on any atom is -0.445 e. The minimum absolute atomic E-state index is 0. The summed E-state index contributed by atoms with van der Waals surface area (Å²) in [4.78, 5) is 0. The first-order valence-corrected chi connectivity index (χ1v) is 4.94. The SMILES string of the molecule is C#Cc1cc(CS)cc([B-](F)(F)F)c1C.[K+]. The molecule has 0 saturated carbocycles. The molecule has 1 aromatic rings. The van der Waals surface area contributed by atoms with Gasteiger partial charge in [-0.15, -0.1) is 11.9 Å². The number of terminal acetylenes is 1. The van der Waals surface area contributed by atoms with E-state index in [2.05, 4.69) is 18.5 Å². The summed E-state index contributed by atoms with van der Waals surface area (Å²) < 4.78 is 38.0. The average molecular weight is 268 g/mol. The van der Waals surface area contributed by atoms with E-state index in [1.54, 1.807) is 6.07 Å². The van der Waals surface area contributed by atoms with Gasteiger partial charge in [-0.05, 0) is 18.6 Å². The smallest absolute Gasteiger partial charge is 0.445 e. The van der Waals surface area contributed by atoms with E-state index in [9.17, 15) is 12.9 Å². The Bertz CT molecular complexity index is 423. The van der Waals surface area contributed by atoms with Crippen LogP contribution in [0.5, 0.6) is 0 Å². The van der Waals surface area contributed by atoms with Crippen LogP contribution in [0.2, 0.25) is 0 Å². The summed E-state index contributed by atoms with van der Waals surface area (Å²) in [7, 11) is 0. The van der Waals surface area contributed by atoms with Crippen molar-refractivity contribution in [2.24, 2.45) is 0 Å². The molecule has 80 valence electrons. The molecule has 1 aromatic carbocycles. The Hall–Kier alpha value is 0.621. The van der Waals surface area contributed by atoms with Crippen LogP contribution < -0.4 is 56.8 Å². The zero-order valence-corrected chi connectivity index (χ0v) is 13.1. The second-order valence-corrected chi connectivity index (χ2v) is 3.55. The van der Waals surface area contributed by atoms with Crippen LogP contribution in [0.1, 0.15) is 16.7 Å². The molecule has 0 N–H and O–H groups in total. The third-order valence-electron chi connectivity index (χ3n) is 2.20. The van der Waals surface area contributed by atoms with Gasteiger partial charge in [0.2, 0.25) is 0 Å². The second kappa shape index (κ2) is 6.53. The predicted molar refractivity (Wildman–Crippen MR) is 60.5 cm³/mol. The Kier molecular flexibility index (Phi) is 6.78. The van der Waals surface area contributed by atoms with Crippen molar-refractivity contribution in [2.75, 3.05) is 0 Å². The van der Waals surface area contributed by atoms with Gasteiger partial charge in [0.15, 0.2) is 0 Å². The molecule has 16 heavy (non-hydrogen) atoms. The van der Waals surface area contributed by atoms with Gasteiger partial charge >= 0.3 is 58.4 Å². The molecular weight excluding hydrogens is 259 g/mol. The quantitative estimate of drug-likeness (QED) is 0.416. The first kappa shape index (κ1) is 16.6. The molecule has 0 bridgehead atoms. The summed E-state index contributed by atoms with van der Waals surface area (Å²) in [6.45, 7) is -3.62. The van der Waals surface area contributed by atoms with E-state index in [4.69, 9.17) is 6.42 Å². The molecule has 0 aliphatic heterocycles. The van der Waals surface area contributed by atoms with E-state index in [-0.39, 0.29) is 68.3 Å². The Morgan fingerprint density at radius 1 is 1.38 bits per heavy atom. The number of hydrogen-bond acceptors (Lipinski definition) is 1. The molecule has 1 rings (SSSR count). The van der Waals surface area contributed by atoms with Crippen molar-refractivity contribution >= 4 is 25.1 Å². The van der Waals surface area contributed by atoms with E-state index in [0.717, 1.165) is 6.07 Å². The first-order chi connectivity index (χ1) is 6.90. The van der Waals surface area contributed by atoms with Gasteiger partial charge in [-0.25, -0.2) is 0 Å². The molecule has 6 heteroatoms. The summed E-state index contributed by atoms with van der Waals surface area (Å²) in [5.41, 5.74) is 0.284. The Morgan fingerprint density at radius 3 is 2.31 bits per heavy atom. The summed E-state index contributed by atoms with van der Waals surface area (Å²) in [5.74, 6) is 2.50. The van der Waals surface area contributed by atoms with Crippen molar-refractivity contribution in [3.63, 3.8) is 0 Å². The molecule has 0 amide bonds. The molecule has 0 saturated heterocycles. The number of rotatable bonds is 2. The number of thiol groups is 1. The van der Waals surface area contributed by atoms with Gasteiger partial charge in [0.05, 0.1) is 0 Å². The van der Waals surface area contributed by atoms with E-state index < -0.39 is 12.4 Å². The average Bonchev–Trinajstić information content (AvgIpc) is 2.16. The fourth-order valence-corrected chi connectivity index (χ4v) is 1.56. The number of benzene rings is 1. The monoisotopic (exact) mass is 268 g/mol. The zero-order valence-electron chi connectivity index (χ0n) is 9.10. The van der Waals surface area contributed by atoms with E-state index in [1.165, 1.54) is 6.92 Å². The van der Waals surface area contributed by atoms with Crippen LogP contribution in [0.15, 0.2) is 12.1 Å². The van der Waals surface area contributed by atoms with Crippen molar-refractivity contribution in [1.29, 1.82) is 0 Å². The zero-order chi connectivity index (χ0) is 11.6. The van der Waals surface area contributed by atoms with Gasteiger partial charge in [0, 0.05) is 11.3 Å². The van der Waals surface area contributed by atoms with Gasteiger partial charge in [-0.2, -0.15) is 12.6 Å². The van der Waals surface area contributed by atoms with Gasteiger partial charge in [-0.1, -0.05) is 17.6 Å². The van der Waals surface area contributed by atoms with Gasteiger partial charge in [0.1, 0.15) is 0 Å². The maximum absolute atomic E-state index is 12.7. The largest absolute Gasteiger partial charge is 1.00 e. The molecule has 0 radical (unpaired) electrons. The van der Waals surface area contributed by atoms with Crippen molar-refractivity contribution in [3.05, 3.63) is 28.8 Å². The van der Waals surface area contributed by atoms with Crippen molar-refractivity contribution < 1.29 is 64.3 Å². The summed E-state index contributed by atoms with van der Waals surface area (Å²) in [6.07, 6.45) is 5.15. The molecule has 0 aliphatic carbocycles. The van der Waals surface area contributed by atoms with Crippen LogP contribution >= 0.6 is 12.6 Å². The maximum atomic E-state index is 12.7. The van der Waals surface area contributed by atoms with E-state index >= 15 is 0 Å². The standard InChI is InChI=1S/C10H9BF3S.K/c1-3-9-4-8(6-15)5-10(7(9)2)11(12,13)14;/h1,4-5,15H,6H2,2H3;/q-1;+1. The number of halogens is 3.